The van der Waals surface area contributed by atoms with Crippen LogP contribution in [0.5, 0.6) is 0 Å². The lowest BCUT2D eigenvalue weighted by Gasteiger charge is -2.32. The number of carbonyl (C=O) groups is 2. The molecule has 0 atom stereocenters. The van der Waals surface area contributed by atoms with Gasteiger partial charge in [-0.3, -0.25) is 14.6 Å². The van der Waals surface area contributed by atoms with E-state index in [0.717, 1.165) is 29.7 Å². The second-order valence-corrected chi connectivity index (χ2v) is 7.94. The zero-order valence-corrected chi connectivity index (χ0v) is 16.5. The lowest BCUT2D eigenvalue weighted by Crippen LogP contribution is -2.38. The summed E-state index contributed by atoms with van der Waals surface area (Å²) < 4.78 is 2.16. The van der Waals surface area contributed by atoms with E-state index in [-0.39, 0.29) is 17.7 Å². The van der Waals surface area contributed by atoms with Crippen molar-refractivity contribution in [3.8, 4) is 0 Å². The number of nitrogens with one attached hydrogen (secondary N) is 1. The van der Waals surface area contributed by atoms with E-state index in [4.69, 9.17) is 16.6 Å². The Morgan fingerprint density at radius 1 is 1.10 bits per heavy atom. The summed E-state index contributed by atoms with van der Waals surface area (Å²) >= 11 is 5.92. The Kier molecular flexibility index (Phi) is 4.47. The Hall–Kier alpha value is -2.93. The van der Waals surface area contributed by atoms with Crippen LogP contribution in [0.4, 0.5) is 0 Å². The van der Waals surface area contributed by atoms with Crippen molar-refractivity contribution in [1.82, 2.24) is 24.8 Å². The minimum absolute atomic E-state index is 0.0350. The van der Waals surface area contributed by atoms with Crippen LogP contribution < -0.4 is 5.32 Å². The maximum atomic E-state index is 12.8. The number of piperidine rings is 1. The van der Waals surface area contributed by atoms with Gasteiger partial charge in [0.05, 0.1) is 17.3 Å². The minimum Gasteiger partial charge on any atom is -0.350 e. The third-order valence-corrected chi connectivity index (χ3v) is 6.04. The van der Waals surface area contributed by atoms with E-state index in [0.29, 0.717) is 42.3 Å². The molecule has 2 aliphatic rings. The number of hydrogen-bond donors (Lipinski definition) is 1. The first-order valence-electron chi connectivity index (χ1n) is 9.79. The predicted octanol–water partition coefficient (Wildman–Crippen LogP) is 2.85. The van der Waals surface area contributed by atoms with Crippen molar-refractivity contribution in [3.63, 3.8) is 0 Å². The summed E-state index contributed by atoms with van der Waals surface area (Å²) in [5.41, 5.74) is 2.86. The molecule has 3 aromatic rings. The lowest BCUT2D eigenvalue weighted by molar-refractivity contribution is 0.0710. The molecule has 2 aliphatic heterocycles. The molecular weight excluding hydrogens is 390 g/mol. The van der Waals surface area contributed by atoms with Crippen LogP contribution in [0.15, 0.2) is 36.7 Å². The molecule has 1 fully saturated rings. The topological polar surface area (TPSA) is 80.1 Å². The molecule has 8 heteroatoms. The number of likely N-dealkylation sites (tertiary alicyclic amines) is 1. The van der Waals surface area contributed by atoms with E-state index in [1.807, 2.05) is 4.90 Å². The smallest absolute Gasteiger partial charge is 0.255 e. The van der Waals surface area contributed by atoms with Gasteiger partial charge in [-0.15, -0.1) is 0 Å². The predicted molar refractivity (Wildman–Crippen MR) is 109 cm³/mol. The minimum atomic E-state index is -0.100. The van der Waals surface area contributed by atoms with Gasteiger partial charge in [0.1, 0.15) is 11.3 Å². The molecule has 0 radical (unpaired) electrons. The summed E-state index contributed by atoms with van der Waals surface area (Å²) in [4.78, 5) is 36.0. The highest BCUT2D eigenvalue weighted by molar-refractivity contribution is 6.30. The van der Waals surface area contributed by atoms with Crippen molar-refractivity contribution in [1.29, 1.82) is 0 Å². The number of hydrogen-bond acceptors (Lipinski definition) is 4. The number of nitrogens with zero attached hydrogens (tertiary/aromatic N) is 4. The van der Waals surface area contributed by atoms with Crippen molar-refractivity contribution in [2.75, 3.05) is 19.6 Å². The molecular formula is C21H20ClN5O2. The first-order valence-corrected chi connectivity index (χ1v) is 10.2. The third-order valence-electron chi connectivity index (χ3n) is 5.78. The van der Waals surface area contributed by atoms with Crippen LogP contribution >= 0.6 is 11.6 Å². The number of aromatic nitrogens is 3. The Bertz CT molecular complexity index is 1100. The van der Waals surface area contributed by atoms with Crippen LogP contribution in [0.1, 0.15) is 45.3 Å². The zero-order valence-electron chi connectivity index (χ0n) is 15.8. The van der Waals surface area contributed by atoms with Gasteiger partial charge >= 0.3 is 0 Å². The number of rotatable bonds is 2. The molecule has 1 saturated heterocycles. The van der Waals surface area contributed by atoms with Gasteiger partial charge in [-0.2, -0.15) is 0 Å². The van der Waals surface area contributed by atoms with E-state index in [1.165, 1.54) is 0 Å². The molecule has 7 nitrogen and oxygen atoms in total. The molecule has 2 aromatic heterocycles. The highest BCUT2D eigenvalue weighted by atomic mass is 35.5. The van der Waals surface area contributed by atoms with Crippen molar-refractivity contribution >= 4 is 34.4 Å². The van der Waals surface area contributed by atoms with Crippen LogP contribution in [-0.4, -0.2) is 50.9 Å². The standard InChI is InChI=1S/C21H20ClN5O2/c22-15-3-1-14(2-4-15)21(29)26-8-5-13(6-9-26)19-25-17-12-23-11-16-18(17)27(19)10-7-24-20(16)28/h1-4,11-13H,5-10H2,(H,24,28). The Morgan fingerprint density at radius 2 is 1.86 bits per heavy atom. The lowest BCUT2D eigenvalue weighted by atomic mass is 9.95. The Labute approximate surface area is 172 Å². The van der Waals surface area contributed by atoms with Crippen molar-refractivity contribution in [3.05, 3.63) is 58.6 Å². The summed E-state index contributed by atoms with van der Waals surface area (Å²) in [5.74, 6) is 1.17. The summed E-state index contributed by atoms with van der Waals surface area (Å²) in [7, 11) is 0. The van der Waals surface area contributed by atoms with Crippen LogP contribution in [0, 0.1) is 0 Å². The summed E-state index contributed by atoms with van der Waals surface area (Å²) in [6.45, 7) is 2.62. The molecule has 29 heavy (non-hydrogen) atoms. The summed E-state index contributed by atoms with van der Waals surface area (Å²) in [5, 5.41) is 3.55. The van der Waals surface area contributed by atoms with Gasteiger partial charge in [-0.05, 0) is 37.1 Å². The SMILES string of the molecule is O=C1NCCn2c(C3CCN(C(=O)c4ccc(Cl)cc4)CC3)nc3cncc1c32. The molecule has 0 bridgehead atoms. The van der Waals surface area contributed by atoms with Gasteiger partial charge in [-0.1, -0.05) is 11.6 Å². The number of imidazole rings is 1. The largest absolute Gasteiger partial charge is 0.350 e. The average Bonchev–Trinajstić information content (AvgIpc) is 3.03. The molecule has 5 rings (SSSR count). The fourth-order valence-corrected chi connectivity index (χ4v) is 4.43. The van der Waals surface area contributed by atoms with Crippen molar-refractivity contribution in [2.45, 2.75) is 25.3 Å². The zero-order chi connectivity index (χ0) is 20.0. The highest BCUT2D eigenvalue weighted by Gasteiger charge is 2.30. The van der Waals surface area contributed by atoms with E-state index < -0.39 is 0 Å². The van der Waals surface area contributed by atoms with Crippen LogP contribution in [0.3, 0.4) is 0 Å². The number of benzene rings is 1. The fourth-order valence-electron chi connectivity index (χ4n) is 4.30. The molecule has 0 saturated carbocycles. The third kappa shape index (κ3) is 3.15. The first kappa shape index (κ1) is 18.1. The number of halogens is 1. The fraction of sp³-hybridized carbons (Fsp3) is 0.333. The van der Waals surface area contributed by atoms with Crippen LogP contribution in [-0.2, 0) is 6.54 Å². The molecule has 0 unspecified atom stereocenters. The van der Waals surface area contributed by atoms with Gasteiger partial charge in [0.2, 0.25) is 0 Å². The molecule has 0 aliphatic carbocycles. The average molecular weight is 410 g/mol. The quantitative estimate of drug-likeness (QED) is 0.705. The Balaban J connectivity index is 1.38. The van der Waals surface area contributed by atoms with Crippen molar-refractivity contribution in [2.24, 2.45) is 0 Å². The summed E-state index contributed by atoms with van der Waals surface area (Å²) in [6.07, 6.45) is 5.01. The monoisotopic (exact) mass is 409 g/mol. The molecule has 2 amide bonds. The van der Waals surface area contributed by atoms with Gasteiger partial charge < -0.3 is 14.8 Å². The van der Waals surface area contributed by atoms with E-state index >= 15 is 0 Å². The maximum absolute atomic E-state index is 12.8. The number of pyridine rings is 1. The molecule has 0 spiro atoms. The van der Waals surface area contributed by atoms with Crippen LogP contribution in [0.2, 0.25) is 5.02 Å². The molecule has 1 N–H and O–H groups in total. The first-order chi connectivity index (χ1) is 14.1. The van der Waals surface area contributed by atoms with Gasteiger partial charge in [-0.25, -0.2) is 4.98 Å². The van der Waals surface area contributed by atoms with E-state index in [2.05, 4.69) is 14.9 Å². The molecule has 4 heterocycles. The van der Waals surface area contributed by atoms with E-state index in [9.17, 15) is 9.59 Å². The van der Waals surface area contributed by atoms with Gasteiger partial charge in [0, 0.05) is 48.9 Å². The van der Waals surface area contributed by atoms with Crippen molar-refractivity contribution < 1.29 is 9.59 Å². The number of carbonyl (C=O) groups excluding carboxylic acids is 2. The van der Waals surface area contributed by atoms with Gasteiger partial charge in [0.15, 0.2) is 0 Å². The van der Waals surface area contributed by atoms with E-state index in [1.54, 1.807) is 36.7 Å². The normalized spacial score (nSPS) is 17.3. The number of amides is 2. The van der Waals surface area contributed by atoms with Crippen LogP contribution in [0.25, 0.3) is 11.0 Å². The highest BCUT2D eigenvalue weighted by Crippen LogP contribution is 2.32. The Morgan fingerprint density at radius 3 is 2.62 bits per heavy atom. The maximum Gasteiger partial charge on any atom is 0.255 e. The molecule has 148 valence electrons. The second-order valence-electron chi connectivity index (χ2n) is 7.51. The summed E-state index contributed by atoms with van der Waals surface area (Å²) in [6, 6.07) is 7.02. The molecule has 1 aromatic carbocycles. The second kappa shape index (κ2) is 7.15. The van der Waals surface area contributed by atoms with Gasteiger partial charge in [0.25, 0.3) is 11.8 Å².